The first-order valence-electron chi connectivity index (χ1n) is 7.17. The Kier molecular flexibility index (Phi) is 3.55. The number of aromatic amines is 1. The second-order valence-corrected chi connectivity index (χ2v) is 6.18. The van der Waals surface area contributed by atoms with Crippen LogP contribution in [0.4, 0.5) is 5.95 Å². The summed E-state index contributed by atoms with van der Waals surface area (Å²) in [6.07, 6.45) is 1.68. The number of hydrogen-bond donors (Lipinski definition) is 2. The predicted molar refractivity (Wildman–Crippen MR) is 88.2 cm³/mol. The van der Waals surface area contributed by atoms with Crippen LogP contribution in [0.5, 0.6) is 0 Å². The Hall–Kier alpha value is -2.67. The molecule has 3 heterocycles. The van der Waals surface area contributed by atoms with Crippen molar-refractivity contribution >= 4 is 23.6 Å². The first-order chi connectivity index (χ1) is 11.3. The summed E-state index contributed by atoms with van der Waals surface area (Å²) in [6, 6.07) is 13.5. The van der Waals surface area contributed by atoms with Gasteiger partial charge in [-0.25, -0.2) is 0 Å². The molecule has 4 rings (SSSR count). The van der Waals surface area contributed by atoms with Crippen LogP contribution in [-0.2, 0) is 4.79 Å². The molecule has 2 aromatic heterocycles. The SMILES string of the molecule is O=C(Nc1n[nH]c(-c2ccccn2)n1)[C@@H]1CSc2ccccc21. The molecule has 0 saturated heterocycles. The van der Waals surface area contributed by atoms with Crippen molar-refractivity contribution in [1.82, 2.24) is 20.2 Å². The Labute approximate surface area is 136 Å². The molecule has 23 heavy (non-hydrogen) atoms. The van der Waals surface area contributed by atoms with Gasteiger partial charge in [0.1, 0.15) is 5.69 Å². The molecule has 1 atom stereocenters. The van der Waals surface area contributed by atoms with Gasteiger partial charge in [-0.3, -0.25) is 20.2 Å². The number of rotatable bonds is 3. The Morgan fingerprint density at radius 2 is 2.09 bits per heavy atom. The maximum atomic E-state index is 12.5. The zero-order valence-electron chi connectivity index (χ0n) is 12.1. The van der Waals surface area contributed by atoms with E-state index in [1.54, 1.807) is 18.0 Å². The summed E-state index contributed by atoms with van der Waals surface area (Å²) in [5.41, 5.74) is 1.75. The van der Waals surface area contributed by atoms with Gasteiger partial charge in [0.15, 0.2) is 5.82 Å². The van der Waals surface area contributed by atoms with Gasteiger partial charge in [0.05, 0.1) is 5.92 Å². The third kappa shape index (κ3) is 2.70. The molecular formula is C16H13N5OS. The van der Waals surface area contributed by atoms with Gasteiger partial charge >= 0.3 is 0 Å². The highest BCUT2D eigenvalue weighted by molar-refractivity contribution is 7.99. The van der Waals surface area contributed by atoms with Gasteiger partial charge in [-0.1, -0.05) is 24.3 Å². The highest BCUT2D eigenvalue weighted by Gasteiger charge is 2.29. The van der Waals surface area contributed by atoms with E-state index in [0.29, 0.717) is 11.5 Å². The highest BCUT2D eigenvalue weighted by Crippen LogP contribution is 2.39. The molecule has 1 aromatic carbocycles. The number of pyridine rings is 1. The molecule has 1 aliphatic heterocycles. The smallest absolute Gasteiger partial charge is 0.249 e. The molecule has 0 spiro atoms. The fourth-order valence-corrected chi connectivity index (χ4v) is 3.74. The summed E-state index contributed by atoms with van der Waals surface area (Å²) in [7, 11) is 0. The van der Waals surface area contributed by atoms with E-state index >= 15 is 0 Å². The molecule has 0 saturated carbocycles. The first-order valence-corrected chi connectivity index (χ1v) is 8.16. The maximum absolute atomic E-state index is 12.5. The number of benzene rings is 1. The molecule has 6 nitrogen and oxygen atoms in total. The third-order valence-electron chi connectivity index (χ3n) is 3.64. The van der Waals surface area contributed by atoms with Crippen molar-refractivity contribution in [3.05, 3.63) is 54.2 Å². The fourth-order valence-electron chi connectivity index (χ4n) is 2.51. The number of carbonyl (C=O) groups excluding carboxylic acids is 1. The van der Waals surface area contributed by atoms with E-state index in [9.17, 15) is 4.79 Å². The van der Waals surface area contributed by atoms with E-state index in [1.807, 2.05) is 42.5 Å². The Bertz CT molecular complexity index is 848. The first kappa shape index (κ1) is 14.0. The summed E-state index contributed by atoms with van der Waals surface area (Å²) in [6.45, 7) is 0. The quantitative estimate of drug-likeness (QED) is 0.774. The lowest BCUT2D eigenvalue weighted by molar-refractivity contribution is -0.117. The molecule has 0 aliphatic carbocycles. The summed E-state index contributed by atoms with van der Waals surface area (Å²) < 4.78 is 0. The number of H-pyrrole nitrogens is 1. The average molecular weight is 323 g/mol. The molecule has 0 fully saturated rings. The molecule has 3 aromatic rings. The molecule has 114 valence electrons. The van der Waals surface area contributed by atoms with Crippen LogP contribution in [0.3, 0.4) is 0 Å². The Balaban J connectivity index is 1.51. The van der Waals surface area contributed by atoms with Crippen LogP contribution < -0.4 is 5.32 Å². The molecule has 7 heteroatoms. The van der Waals surface area contributed by atoms with Gasteiger partial charge in [-0.2, -0.15) is 4.98 Å². The average Bonchev–Trinajstić information content (AvgIpc) is 3.22. The zero-order chi connectivity index (χ0) is 15.6. The Morgan fingerprint density at radius 1 is 1.22 bits per heavy atom. The summed E-state index contributed by atoms with van der Waals surface area (Å²) in [5.74, 6) is 1.28. The van der Waals surface area contributed by atoms with Crippen LogP contribution in [0, 0.1) is 0 Å². The lowest BCUT2D eigenvalue weighted by Crippen LogP contribution is -2.21. The maximum Gasteiger partial charge on any atom is 0.249 e. The van der Waals surface area contributed by atoms with Crippen molar-refractivity contribution in [2.75, 3.05) is 11.1 Å². The molecular weight excluding hydrogens is 310 g/mol. The molecule has 0 unspecified atom stereocenters. The number of nitrogens with one attached hydrogen (secondary N) is 2. The van der Waals surface area contributed by atoms with Crippen molar-refractivity contribution in [3.63, 3.8) is 0 Å². The molecule has 1 aliphatic rings. The monoisotopic (exact) mass is 323 g/mol. The number of nitrogens with zero attached hydrogens (tertiary/aromatic N) is 3. The van der Waals surface area contributed by atoms with E-state index in [0.717, 1.165) is 16.2 Å². The lowest BCUT2D eigenvalue weighted by atomic mass is 10.0. The van der Waals surface area contributed by atoms with E-state index in [4.69, 9.17) is 0 Å². The number of hydrogen-bond acceptors (Lipinski definition) is 5. The molecule has 0 bridgehead atoms. The molecule has 0 radical (unpaired) electrons. The van der Waals surface area contributed by atoms with Gasteiger partial charge in [0.25, 0.3) is 0 Å². The minimum Gasteiger partial charge on any atom is -0.293 e. The van der Waals surface area contributed by atoms with Crippen LogP contribution >= 0.6 is 11.8 Å². The number of thioether (sulfide) groups is 1. The standard InChI is InChI=1S/C16H13N5OS/c22-15(11-9-23-13-7-2-1-5-10(11)13)19-16-18-14(20-21-16)12-6-3-4-8-17-12/h1-8,11H,9H2,(H2,18,19,20,21,22)/t11-/m1/s1. The number of aromatic nitrogens is 4. The molecule has 1 amide bonds. The second-order valence-electron chi connectivity index (χ2n) is 5.11. The fraction of sp³-hybridized carbons (Fsp3) is 0.125. The van der Waals surface area contributed by atoms with Crippen molar-refractivity contribution in [1.29, 1.82) is 0 Å². The summed E-state index contributed by atoms with van der Waals surface area (Å²) in [5, 5.41) is 9.62. The van der Waals surface area contributed by atoms with Gasteiger partial charge in [0.2, 0.25) is 11.9 Å². The third-order valence-corrected chi connectivity index (χ3v) is 4.83. The van der Waals surface area contributed by atoms with E-state index in [2.05, 4.69) is 25.5 Å². The zero-order valence-corrected chi connectivity index (χ0v) is 12.9. The van der Waals surface area contributed by atoms with Gasteiger partial charge in [-0.15, -0.1) is 16.9 Å². The van der Waals surface area contributed by atoms with Gasteiger partial charge < -0.3 is 0 Å². The van der Waals surface area contributed by atoms with Crippen molar-refractivity contribution in [2.45, 2.75) is 10.8 Å². The highest BCUT2D eigenvalue weighted by atomic mass is 32.2. The number of carbonyl (C=O) groups is 1. The van der Waals surface area contributed by atoms with E-state index in [-0.39, 0.29) is 17.8 Å². The Morgan fingerprint density at radius 3 is 2.96 bits per heavy atom. The minimum absolute atomic E-state index is 0.0889. The van der Waals surface area contributed by atoms with Crippen molar-refractivity contribution in [2.24, 2.45) is 0 Å². The van der Waals surface area contributed by atoms with Crippen LogP contribution in [0.1, 0.15) is 11.5 Å². The topological polar surface area (TPSA) is 83.6 Å². The predicted octanol–water partition coefficient (Wildman–Crippen LogP) is 2.69. The number of anilines is 1. The van der Waals surface area contributed by atoms with Crippen LogP contribution in [-0.4, -0.2) is 31.8 Å². The van der Waals surface area contributed by atoms with Crippen LogP contribution in [0.15, 0.2) is 53.6 Å². The largest absolute Gasteiger partial charge is 0.293 e. The van der Waals surface area contributed by atoms with Crippen LogP contribution in [0.25, 0.3) is 11.5 Å². The van der Waals surface area contributed by atoms with Crippen molar-refractivity contribution < 1.29 is 4.79 Å². The van der Waals surface area contributed by atoms with Crippen LogP contribution in [0.2, 0.25) is 0 Å². The molecule has 2 N–H and O–H groups in total. The second kappa shape index (κ2) is 5.85. The normalized spacial score (nSPS) is 16.1. The van der Waals surface area contributed by atoms with Gasteiger partial charge in [-0.05, 0) is 23.8 Å². The van der Waals surface area contributed by atoms with E-state index < -0.39 is 0 Å². The summed E-state index contributed by atoms with van der Waals surface area (Å²) in [4.78, 5) is 22.1. The number of fused-ring (bicyclic) bond motifs is 1. The van der Waals surface area contributed by atoms with Gasteiger partial charge in [0, 0.05) is 16.8 Å². The summed E-state index contributed by atoms with van der Waals surface area (Å²) >= 11 is 1.70. The van der Waals surface area contributed by atoms with Crippen molar-refractivity contribution in [3.8, 4) is 11.5 Å². The van der Waals surface area contributed by atoms with E-state index in [1.165, 1.54) is 0 Å². The minimum atomic E-state index is -0.173. The lowest BCUT2D eigenvalue weighted by Gasteiger charge is -2.08. The number of amides is 1.